The number of alkyl halides is 3. The lowest BCUT2D eigenvalue weighted by molar-refractivity contribution is -0.137. The van der Waals surface area contributed by atoms with E-state index in [4.69, 9.17) is 16.3 Å². The van der Waals surface area contributed by atoms with Gasteiger partial charge in [0.15, 0.2) is 0 Å². The Hall–Kier alpha value is -3.62. The molecule has 0 aliphatic heterocycles. The molecule has 0 fully saturated rings. The van der Waals surface area contributed by atoms with Gasteiger partial charge in [-0.05, 0) is 53.1 Å². The molecule has 182 valence electrons. The maximum atomic E-state index is 12.9. The number of hydrogen-bond acceptors (Lipinski definition) is 4. The van der Waals surface area contributed by atoms with E-state index < -0.39 is 11.7 Å². The molecule has 0 amide bonds. The van der Waals surface area contributed by atoms with Crippen LogP contribution in [0.5, 0.6) is 5.75 Å². The van der Waals surface area contributed by atoms with Gasteiger partial charge >= 0.3 is 6.18 Å². The first-order valence-corrected chi connectivity index (χ1v) is 12.1. The van der Waals surface area contributed by atoms with Gasteiger partial charge in [-0.25, -0.2) is 0 Å². The lowest BCUT2D eigenvalue weighted by atomic mass is 10.1. The summed E-state index contributed by atoms with van der Waals surface area (Å²) < 4.78 is 46.8. The molecule has 36 heavy (non-hydrogen) atoms. The van der Waals surface area contributed by atoms with Crippen molar-refractivity contribution >= 4 is 33.2 Å². The van der Waals surface area contributed by atoms with E-state index in [-0.39, 0.29) is 17.9 Å². The highest BCUT2D eigenvalue weighted by atomic mass is 35.5. The first-order chi connectivity index (χ1) is 17.3. The zero-order chi connectivity index (χ0) is 25.3. The van der Waals surface area contributed by atoms with Gasteiger partial charge in [0.05, 0.1) is 17.4 Å². The van der Waals surface area contributed by atoms with Gasteiger partial charge in [0, 0.05) is 16.4 Å². The fraction of sp³-hybridized carbons (Fsp3) is 0.111. The van der Waals surface area contributed by atoms with Crippen molar-refractivity contribution in [2.45, 2.75) is 19.3 Å². The van der Waals surface area contributed by atoms with Gasteiger partial charge in [-0.15, -0.1) is 11.3 Å². The second-order valence-corrected chi connectivity index (χ2v) is 9.63. The minimum Gasteiger partial charge on any atom is -0.489 e. The highest BCUT2D eigenvalue weighted by Crippen LogP contribution is 2.33. The Kier molecular flexibility index (Phi) is 6.55. The molecule has 3 aromatic carbocycles. The fourth-order valence-corrected chi connectivity index (χ4v) is 4.93. The SMILES string of the molecule is O=c1ncn(Cc2ccc(Cl)cc2)c2cc(-c3ccc(COc4cccc(C(F)(F)F)c4)cc3)sc12. The van der Waals surface area contributed by atoms with Crippen molar-refractivity contribution in [3.63, 3.8) is 0 Å². The molecule has 0 spiro atoms. The molecule has 2 aromatic heterocycles. The monoisotopic (exact) mass is 526 g/mol. The number of hydrogen-bond donors (Lipinski definition) is 0. The van der Waals surface area contributed by atoms with Crippen molar-refractivity contribution < 1.29 is 17.9 Å². The van der Waals surface area contributed by atoms with E-state index in [1.165, 1.54) is 23.5 Å². The molecule has 9 heteroatoms. The number of nitrogens with zero attached hydrogens (tertiary/aromatic N) is 2. The summed E-state index contributed by atoms with van der Waals surface area (Å²) in [6.45, 7) is 0.673. The minimum absolute atomic E-state index is 0.129. The van der Waals surface area contributed by atoms with Crippen molar-refractivity contribution in [2.24, 2.45) is 0 Å². The average molecular weight is 527 g/mol. The molecule has 4 nitrogen and oxygen atoms in total. The predicted molar refractivity (Wildman–Crippen MR) is 136 cm³/mol. The van der Waals surface area contributed by atoms with Crippen LogP contribution in [-0.2, 0) is 19.3 Å². The summed E-state index contributed by atoms with van der Waals surface area (Å²) in [5.74, 6) is 0.152. The molecule has 0 saturated heterocycles. The lowest BCUT2D eigenvalue weighted by Crippen LogP contribution is -2.11. The van der Waals surface area contributed by atoms with Crippen molar-refractivity contribution in [3.05, 3.63) is 117 Å². The van der Waals surface area contributed by atoms with Crippen LogP contribution in [0.2, 0.25) is 5.02 Å². The number of aromatic nitrogens is 2. The van der Waals surface area contributed by atoms with Gasteiger partial charge in [0.25, 0.3) is 5.56 Å². The third-order valence-corrected chi connectivity index (χ3v) is 7.02. The molecule has 0 aliphatic rings. The van der Waals surface area contributed by atoms with E-state index >= 15 is 0 Å². The molecular weight excluding hydrogens is 509 g/mol. The summed E-state index contributed by atoms with van der Waals surface area (Å²) in [5, 5.41) is 0.656. The van der Waals surface area contributed by atoms with Crippen molar-refractivity contribution in [1.82, 2.24) is 9.55 Å². The second-order valence-electron chi connectivity index (χ2n) is 8.14. The molecule has 0 bridgehead atoms. The lowest BCUT2D eigenvalue weighted by Gasteiger charge is -2.10. The Morgan fingerprint density at radius 2 is 1.67 bits per heavy atom. The molecule has 0 N–H and O–H groups in total. The standard InChI is InChI=1S/C27H18ClF3N2O2S/c28-21-10-6-17(7-11-21)14-33-16-32-26(34)25-23(33)13-24(36-25)19-8-4-18(5-9-19)15-35-22-3-1-2-20(12-22)27(29,30)31/h1-13,16H,14-15H2. The van der Waals surface area contributed by atoms with Crippen LogP contribution in [-0.4, -0.2) is 9.55 Å². The largest absolute Gasteiger partial charge is 0.489 e. The molecule has 5 rings (SSSR count). The van der Waals surface area contributed by atoms with Crippen LogP contribution < -0.4 is 10.3 Å². The molecule has 0 radical (unpaired) electrons. The third kappa shape index (κ3) is 5.29. The van der Waals surface area contributed by atoms with Gasteiger partial charge in [0.1, 0.15) is 17.1 Å². The molecule has 0 aliphatic carbocycles. The summed E-state index contributed by atoms with van der Waals surface area (Å²) in [4.78, 5) is 17.3. The topological polar surface area (TPSA) is 44.1 Å². The maximum Gasteiger partial charge on any atom is 0.416 e. The van der Waals surface area contributed by atoms with Gasteiger partial charge < -0.3 is 9.30 Å². The van der Waals surface area contributed by atoms with Gasteiger partial charge in [-0.2, -0.15) is 18.2 Å². The second kappa shape index (κ2) is 9.79. The maximum absolute atomic E-state index is 12.9. The average Bonchev–Trinajstić information content (AvgIpc) is 3.33. The smallest absolute Gasteiger partial charge is 0.416 e. The van der Waals surface area contributed by atoms with Crippen LogP contribution in [0.25, 0.3) is 20.7 Å². The summed E-state index contributed by atoms with van der Waals surface area (Å²) in [7, 11) is 0. The van der Waals surface area contributed by atoms with E-state index in [0.717, 1.165) is 39.2 Å². The van der Waals surface area contributed by atoms with Crippen LogP contribution in [0.15, 0.2) is 90.0 Å². The van der Waals surface area contributed by atoms with E-state index in [2.05, 4.69) is 4.98 Å². The van der Waals surface area contributed by atoms with Gasteiger partial charge in [-0.3, -0.25) is 4.79 Å². The Bertz CT molecular complexity index is 1580. The van der Waals surface area contributed by atoms with E-state index in [9.17, 15) is 18.0 Å². The molecular formula is C27H18ClF3N2O2S. The first-order valence-electron chi connectivity index (χ1n) is 10.9. The first kappa shape index (κ1) is 24.1. The van der Waals surface area contributed by atoms with E-state index in [1.54, 1.807) is 6.33 Å². The summed E-state index contributed by atoms with van der Waals surface area (Å²) in [6.07, 6.45) is -2.87. The van der Waals surface area contributed by atoms with Gasteiger partial charge in [-0.1, -0.05) is 54.1 Å². The zero-order valence-corrected chi connectivity index (χ0v) is 20.2. The van der Waals surface area contributed by atoms with Crippen molar-refractivity contribution in [3.8, 4) is 16.2 Å². The highest BCUT2D eigenvalue weighted by molar-refractivity contribution is 7.22. The fourth-order valence-electron chi connectivity index (χ4n) is 3.74. The molecule has 0 atom stereocenters. The Labute approximate surface area is 213 Å². The van der Waals surface area contributed by atoms with E-state index in [1.807, 2.05) is 59.2 Å². The zero-order valence-electron chi connectivity index (χ0n) is 18.6. The third-order valence-electron chi connectivity index (χ3n) is 5.60. The van der Waals surface area contributed by atoms with Crippen LogP contribution in [0.3, 0.4) is 0 Å². The molecule has 0 unspecified atom stereocenters. The number of fused-ring (bicyclic) bond motifs is 1. The molecule has 2 heterocycles. The van der Waals surface area contributed by atoms with Crippen molar-refractivity contribution in [1.29, 1.82) is 0 Å². The quantitative estimate of drug-likeness (QED) is 0.231. The Morgan fingerprint density at radius 1 is 0.944 bits per heavy atom. The summed E-state index contributed by atoms with van der Waals surface area (Å²) in [6, 6.07) is 21.8. The summed E-state index contributed by atoms with van der Waals surface area (Å²) in [5.41, 5.74) is 2.52. The number of halogens is 4. The Morgan fingerprint density at radius 3 is 2.39 bits per heavy atom. The van der Waals surface area contributed by atoms with Crippen LogP contribution in [0.4, 0.5) is 13.2 Å². The predicted octanol–water partition coefficient (Wildman–Crippen LogP) is 7.42. The molecule has 5 aromatic rings. The molecule has 0 saturated carbocycles. The van der Waals surface area contributed by atoms with E-state index in [0.29, 0.717) is 16.3 Å². The number of thiophene rings is 1. The highest BCUT2D eigenvalue weighted by Gasteiger charge is 2.30. The Balaban J connectivity index is 1.35. The number of rotatable bonds is 6. The summed E-state index contributed by atoms with van der Waals surface area (Å²) >= 11 is 7.35. The van der Waals surface area contributed by atoms with Crippen LogP contribution >= 0.6 is 22.9 Å². The van der Waals surface area contributed by atoms with Crippen LogP contribution in [0, 0.1) is 0 Å². The minimum atomic E-state index is -4.42. The van der Waals surface area contributed by atoms with Crippen LogP contribution in [0.1, 0.15) is 16.7 Å². The normalized spacial score (nSPS) is 11.7. The number of benzene rings is 3. The van der Waals surface area contributed by atoms with Crippen molar-refractivity contribution in [2.75, 3.05) is 0 Å². The number of ether oxygens (including phenoxy) is 1. The van der Waals surface area contributed by atoms with Gasteiger partial charge in [0.2, 0.25) is 0 Å².